The van der Waals surface area contributed by atoms with E-state index in [2.05, 4.69) is 30.3 Å². The molecule has 0 spiro atoms. The maximum atomic E-state index is 12.9. The van der Waals surface area contributed by atoms with Gasteiger partial charge in [-0.1, -0.05) is 15.5 Å². The van der Waals surface area contributed by atoms with Crippen molar-refractivity contribution in [3.63, 3.8) is 0 Å². The molecule has 0 radical (unpaired) electrons. The monoisotopic (exact) mass is 497 g/mol. The van der Waals surface area contributed by atoms with Crippen LogP contribution in [0, 0.1) is 4.91 Å². The summed E-state index contributed by atoms with van der Waals surface area (Å²) in [4.78, 5) is 69.2. The number of hydrogen-bond acceptors (Lipinski definition) is 13. The molecule has 17 heteroatoms. The molecule has 0 bridgehead atoms. The van der Waals surface area contributed by atoms with Crippen LogP contribution in [0.4, 0.5) is 6.01 Å². The Hall–Kier alpha value is -4.02. The first-order chi connectivity index (χ1) is 15.9. The molecular weight excluding hydrogens is 478 g/mol. The summed E-state index contributed by atoms with van der Waals surface area (Å²) in [6.45, 7) is 3.77. The van der Waals surface area contributed by atoms with Gasteiger partial charge in [-0.3, -0.25) is 14.5 Å². The highest BCUT2D eigenvalue weighted by Gasteiger charge is 2.55. The smallest absolute Gasteiger partial charge is 0.352 e. The summed E-state index contributed by atoms with van der Waals surface area (Å²) in [6, 6.07) is -2.55. The molecule has 2 aliphatic rings. The van der Waals surface area contributed by atoms with Crippen LogP contribution < -0.4 is 11.1 Å². The molecule has 1 fully saturated rings. The summed E-state index contributed by atoms with van der Waals surface area (Å²) in [5, 5.41) is 30.2. The second-order valence-corrected chi connectivity index (χ2v) is 8.73. The average molecular weight is 497 g/mol. The van der Waals surface area contributed by atoms with E-state index in [4.69, 9.17) is 10.6 Å². The van der Waals surface area contributed by atoms with E-state index in [1.165, 1.54) is 20.8 Å². The minimum atomic E-state index is -1.83. The predicted molar refractivity (Wildman–Crippen MR) is 113 cm³/mol. The topological polar surface area (TPSA) is 240 Å². The van der Waals surface area contributed by atoms with E-state index in [9.17, 15) is 34.3 Å². The van der Waals surface area contributed by atoms with Crippen molar-refractivity contribution in [2.24, 2.45) is 10.3 Å². The van der Waals surface area contributed by atoms with Crippen molar-refractivity contribution >= 4 is 47.2 Å². The number of nitrogen functional groups attached to an aromatic ring is 1. The molecule has 16 nitrogen and oxygen atoms in total. The van der Waals surface area contributed by atoms with Gasteiger partial charge in [-0.2, -0.15) is 9.89 Å². The summed E-state index contributed by atoms with van der Waals surface area (Å²) < 4.78 is 4.61. The van der Waals surface area contributed by atoms with Gasteiger partial charge in [0.2, 0.25) is 17.1 Å². The molecule has 0 saturated carbocycles. The van der Waals surface area contributed by atoms with Crippen molar-refractivity contribution in [2.45, 2.75) is 43.8 Å². The van der Waals surface area contributed by atoms with Gasteiger partial charge in [-0.25, -0.2) is 9.59 Å². The number of oxime groups is 1. The lowest BCUT2D eigenvalue weighted by Gasteiger charge is -2.49. The second-order valence-electron chi connectivity index (χ2n) is 7.62. The number of aliphatic carboxylic acids is 2. The fourth-order valence-corrected chi connectivity index (χ4v) is 4.41. The zero-order chi connectivity index (χ0) is 25.4. The molecule has 34 heavy (non-hydrogen) atoms. The third kappa shape index (κ3) is 4.41. The van der Waals surface area contributed by atoms with Gasteiger partial charge in [0.25, 0.3) is 11.8 Å². The number of carboxylic acids is 2. The number of rotatable bonds is 9. The Labute approximate surface area is 194 Å². The highest BCUT2D eigenvalue weighted by Crippen LogP contribution is 2.41. The Balaban J connectivity index is 1.85. The Kier molecular flexibility index (Phi) is 6.58. The van der Waals surface area contributed by atoms with Crippen molar-refractivity contribution in [1.29, 1.82) is 0 Å². The van der Waals surface area contributed by atoms with Crippen LogP contribution in [0.5, 0.6) is 0 Å². The number of β-lactam (4-membered cyclic amide) rings is 1. The Morgan fingerprint density at radius 3 is 2.59 bits per heavy atom. The molecule has 3 heterocycles. The summed E-state index contributed by atoms with van der Waals surface area (Å²) in [5.41, 5.74) is 2.73. The molecule has 182 valence electrons. The number of aromatic nitrogens is 2. The van der Waals surface area contributed by atoms with Crippen LogP contribution in [0.2, 0.25) is 0 Å². The van der Waals surface area contributed by atoms with Gasteiger partial charge in [0.05, 0.1) is 0 Å². The van der Waals surface area contributed by atoms with Crippen LogP contribution in [0.3, 0.4) is 0 Å². The number of fused-ring (bicyclic) bond motifs is 1. The van der Waals surface area contributed by atoms with E-state index in [1.54, 1.807) is 0 Å². The van der Waals surface area contributed by atoms with Gasteiger partial charge in [0.1, 0.15) is 23.2 Å². The molecule has 2 amide bonds. The Morgan fingerprint density at radius 1 is 1.38 bits per heavy atom. The molecule has 2 unspecified atom stereocenters. The van der Waals surface area contributed by atoms with Crippen molar-refractivity contribution in [2.75, 3.05) is 11.5 Å². The first-order valence-corrected chi connectivity index (χ1v) is 10.6. The molecule has 0 aliphatic carbocycles. The summed E-state index contributed by atoms with van der Waals surface area (Å²) >= 11 is 1.12. The average Bonchev–Trinajstić information content (AvgIpc) is 3.21. The third-order valence-electron chi connectivity index (χ3n) is 4.90. The van der Waals surface area contributed by atoms with E-state index >= 15 is 0 Å². The van der Waals surface area contributed by atoms with Crippen LogP contribution in [0.15, 0.2) is 26.1 Å². The molecular formula is C17H19N7O9S. The van der Waals surface area contributed by atoms with Crippen LogP contribution in [0.25, 0.3) is 0 Å². The fraction of sp³-hybridized carbons (Fsp3) is 0.471. The third-order valence-corrected chi connectivity index (χ3v) is 6.20. The number of nitrogens with zero attached hydrogens (tertiary/aromatic N) is 5. The van der Waals surface area contributed by atoms with Crippen LogP contribution in [-0.4, -0.2) is 83.5 Å². The zero-order valence-corrected chi connectivity index (χ0v) is 18.7. The van der Waals surface area contributed by atoms with E-state index in [0.717, 1.165) is 16.7 Å². The maximum Gasteiger partial charge on any atom is 0.352 e. The number of nitrogens with two attached hydrogens (primary N) is 1. The summed E-state index contributed by atoms with van der Waals surface area (Å²) in [5.74, 6) is -4.92. The quantitative estimate of drug-likeness (QED) is 0.140. The maximum absolute atomic E-state index is 12.9. The van der Waals surface area contributed by atoms with Gasteiger partial charge >= 0.3 is 18.0 Å². The number of hydrogen-bond donors (Lipinski definition) is 4. The number of carboxylic acid groups (broad SMARTS) is 2. The highest BCUT2D eigenvalue weighted by molar-refractivity contribution is 8.00. The molecule has 2 aliphatic heterocycles. The molecule has 1 saturated heterocycles. The normalized spacial score (nSPS) is 21.3. The number of nitroso groups, excluding NO2 is 1. The largest absolute Gasteiger partial charge is 0.478 e. The summed E-state index contributed by atoms with van der Waals surface area (Å²) in [7, 11) is 0. The van der Waals surface area contributed by atoms with Crippen LogP contribution in [0.1, 0.15) is 26.6 Å². The van der Waals surface area contributed by atoms with Crippen molar-refractivity contribution in [3.8, 4) is 0 Å². The minimum absolute atomic E-state index is 0.0909. The number of nitrogens with one attached hydrogen (secondary N) is 1. The lowest BCUT2D eigenvalue weighted by atomic mass is 10.00. The van der Waals surface area contributed by atoms with Gasteiger partial charge in [0.15, 0.2) is 0 Å². The Bertz CT molecular complexity index is 1130. The minimum Gasteiger partial charge on any atom is -0.478 e. The lowest BCUT2D eigenvalue weighted by Crippen LogP contribution is -2.71. The van der Waals surface area contributed by atoms with E-state index in [-0.39, 0.29) is 17.0 Å². The first kappa shape index (κ1) is 24.6. The van der Waals surface area contributed by atoms with E-state index in [1.807, 2.05) is 0 Å². The first-order valence-electron chi connectivity index (χ1n) is 9.52. The van der Waals surface area contributed by atoms with Crippen molar-refractivity contribution in [1.82, 2.24) is 20.4 Å². The molecule has 1 aromatic rings. The highest BCUT2D eigenvalue weighted by atomic mass is 32.2. The standard InChI is InChI=1S/C17H19N7O9S/c1-5(21-31)6-4-34-13-8(12(26)24(13)9(6)14(27)28)19-11(25)7(10-20-16(18)32-23-10)22-33-17(2,3)15(29)30/h5,8,13H,4H2,1-3H3,(H,19,25)(H,27,28)(H,29,30)(H2,18,20,23)/t5?,8?,13-/m0/s1. The van der Waals surface area contributed by atoms with Gasteiger partial charge in [0, 0.05) is 5.75 Å². The second kappa shape index (κ2) is 9.08. The molecule has 3 atom stereocenters. The summed E-state index contributed by atoms with van der Waals surface area (Å²) in [6.07, 6.45) is 0. The van der Waals surface area contributed by atoms with E-state index in [0.29, 0.717) is 0 Å². The molecule has 0 aromatic carbocycles. The predicted octanol–water partition coefficient (Wildman–Crippen LogP) is -0.871. The van der Waals surface area contributed by atoms with Crippen molar-refractivity contribution in [3.05, 3.63) is 22.0 Å². The van der Waals surface area contributed by atoms with Crippen molar-refractivity contribution < 1.29 is 38.8 Å². The molecule has 1 aromatic heterocycles. The van der Waals surface area contributed by atoms with E-state index < -0.39 is 64.4 Å². The Morgan fingerprint density at radius 2 is 2.06 bits per heavy atom. The van der Waals surface area contributed by atoms with Gasteiger partial charge in [-0.05, 0) is 26.3 Å². The SMILES string of the molecule is CC(N=O)C1=C(C(=O)O)N2C(=O)C(NC(=O)C(=NOC(C)(C)C(=O)O)c3noc(N)n3)[C@@H]2SC1. The number of anilines is 1. The number of thioether (sulfide) groups is 1. The number of carbonyl (C=O) groups excluding carboxylic acids is 2. The molecule has 3 rings (SSSR count). The molecule has 5 N–H and O–H groups in total. The lowest BCUT2D eigenvalue weighted by molar-refractivity contribution is -0.161. The van der Waals surface area contributed by atoms with Crippen LogP contribution in [-0.2, 0) is 24.0 Å². The zero-order valence-electron chi connectivity index (χ0n) is 17.9. The van der Waals surface area contributed by atoms with Gasteiger partial charge in [-0.15, -0.1) is 11.8 Å². The number of amides is 2. The van der Waals surface area contributed by atoms with Gasteiger partial charge < -0.3 is 30.6 Å². The van der Waals surface area contributed by atoms with Crippen LogP contribution >= 0.6 is 11.8 Å². The fourth-order valence-electron chi connectivity index (χ4n) is 2.95. The number of carbonyl (C=O) groups is 4.